The van der Waals surface area contributed by atoms with Crippen molar-refractivity contribution < 1.29 is 14.6 Å². The molecule has 0 saturated carbocycles. The standard InChI is InChI=1S/C15H24O3/c1-5-15(6-2,17-4)14(16)12-8-10-13(11-9-12)18-7-3/h8-11,14,16H,5-7H2,1-4H3. The molecule has 1 atom stereocenters. The van der Waals surface area contributed by atoms with E-state index in [1.54, 1.807) is 7.11 Å². The summed E-state index contributed by atoms with van der Waals surface area (Å²) in [5.41, 5.74) is 0.358. The Morgan fingerprint density at radius 3 is 2.06 bits per heavy atom. The average molecular weight is 252 g/mol. The van der Waals surface area contributed by atoms with Crippen LogP contribution >= 0.6 is 0 Å². The van der Waals surface area contributed by atoms with Gasteiger partial charge >= 0.3 is 0 Å². The largest absolute Gasteiger partial charge is 0.494 e. The lowest BCUT2D eigenvalue weighted by Crippen LogP contribution is -2.37. The maximum absolute atomic E-state index is 10.5. The normalized spacial score (nSPS) is 13.4. The van der Waals surface area contributed by atoms with E-state index < -0.39 is 11.7 Å². The molecule has 102 valence electrons. The second-order valence-electron chi connectivity index (χ2n) is 4.38. The fourth-order valence-electron chi connectivity index (χ4n) is 2.25. The first-order chi connectivity index (χ1) is 8.63. The van der Waals surface area contributed by atoms with Crippen LogP contribution in [-0.4, -0.2) is 24.4 Å². The van der Waals surface area contributed by atoms with Crippen molar-refractivity contribution in [2.45, 2.75) is 45.3 Å². The minimum Gasteiger partial charge on any atom is -0.494 e. The Hall–Kier alpha value is -1.06. The molecule has 0 saturated heterocycles. The highest BCUT2D eigenvalue weighted by Gasteiger charge is 2.35. The van der Waals surface area contributed by atoms with Gasteiger partial charge in [0.05, 0.1) is 12.2 Å². The summed E-state index contributed by atoms with van der Waals surface area (Å²) in [5.74, 6) is 0.824. The lowest BCUT2D eigenvalue weighted by atomic mass is 9.86. The van der Waals surface area contributed by atoms with E-state index in [-0.39, 0.29) is 0 Å². The lowest BCUT2D eigenvalue weighted by Gasteiger charge is -2.35. The Labute approximate surface area is 110 Å². The average Bonchev–Trinajstić information content (AvgIpc) is 2.42. The fraction of sp³-hybridized carbons (Fsp3) is 0.600. The molecule has 0 aliphatic heterocycles. The molecule has 1 aromatic carbocycles. The molecule has 0 aromatic heterocycles. The first-order valence-electron chi connectivity index (χ1n) is 6.59. The predicted molar refractivity (Wildman–Crippen MR) is 72.9 cm³/mol. The van der Waals surface area contributed by atoms with Crippen LogP contribution in [0, 0.1) is 0 Å². The Morgan fingerprint density at radius 1 is 1.11 bits per heavy atom. The van der Waals surface area contributed by atoms with Gasteiger partial charge in [-0.05, 0) is 37.5 Å². The van der Waals surface area contributed by atoms with Crippen molar-refractivity contribution in [3.8, 4) is 5.75 Å². The molecule has 0 aliphatic carbocycles. The number of hydrogen-bond acceptors (Lipinski definition) is 3. The van der Waals surface area contributed by atoms with Crippen LogP contribution in [0.25, 0.3) is 0 Å². The number of aliphatic hydroxyl groups is 1. The second-order valence-corrected chi connectivity index (χ2v) is 4.38. The van der Waals surface area contributed by atoms with Crippen molar-refractivity contribution >= 4 is 0 Å². The summed E-state index contributed by atoms with van der Waals surface area (Å²) < 4.78 is 10.9. The van der Waals surface area contributed by atoms with Gasteiger partial charge in [0.25, 0.3) is 0 Å². The predicted octanol–water partition coefficient (Wildman–Crippen LogP) is 3.32. The summed E-state index contributed by atoms with van der Waals surface area (Å²) in [6.07, 6.45) is 0.927. The van der Waals surface area contributed by atoms with Crippen molar-refractivity contribution in [3.05, 3.63) is 29.8 Å². The molecule has 0 radical (unpaired) electrons. The third-order valence-electron chi connectivity index (χ3n) is 3.61. The van der Waals surface area contributed by atoms with Crippen LogP contribution in [0.4, 0.5) is 0 Å². The van der Waals surface area contributed by atoms with Gasteiger partial charge in [-0.2, -0.15) is 0 Å². The van der Waals surface area contributed by atoms with E-state index in [0.29, 0.717) is 6.61 Å². The van der Waals surface area contributed by atoms with Gasteiger partial charge in [-0.1, -0.05) is 26.0 Å². The molecule has 0 fully saturated rings. The van der Waals surface area contributed by atoms with Gasteiger partial charge in [0.15, 0.2) is 0 Å². The highest BCUT2D eigenvalue weighted by atomic mass is 16.5. The monoisotopic (exact) mass is 252 g/mol. The Bertz CT molecular complexity index is 333. The molecule has 0 spiro atoms. The molecule has 1 aromatic rings. The number of hydrogen-bond donors (Lipinski definition) is 1. The minimum atomic E-state index is -0.617. The van der Waals surface area contributed by atoms with Crippen molar-refractivity contribution in [1.29, 1.82) is 0 Å². The SMILES string of the molecule is CCOc1ccc(C(O)C(CC)(CC)OC)cc1. The molecular weight excluding hydrogens is 228 g/mol. The van der Waals surface area contributed by atoms with Gasteiger partial charge in [-0.3, -0.25) is 0 Å². The first kappa shape index (κ1) is 15.0. The number of benzene rings is 1. The summed E-state index contributed by atoms with van der Waals surface area (Å²) in [6.45, 7) is 6.66. The summed E-state index contributed by atoms with van der Waals surface area (Å²) in [7, 11) is 1.66. The molecule has 0 bridgehead atoms. The number of ether oxygens (including phenoxy) is 2. The zero-order chi connectivity index (χ0) is 13.6. The fourth-order valence-corrected chi connectivity index (χ4v) is 2.25. The van der Waals surface area contributed by atoms with Crippen LogP contribution in [0.1, 0.15) is 45.3 Å². The molecule has 3 heteroatoms. The Balaban J connectivity index is 2.91. The van der Waals surface area contributed by atoms with Crippen LogP contribution < -0.4 is 4.74 Å². The van der Waals surface area contributed by atoms with E-state index in [2.05, 4.69) is 0 Å². The number of methoxy groups -OCH3 is 1. The maximum atomic E-state index is 10.5. The molecular formula is C15H24O3. The summed E-state index contributed by atoms with van der Waals surface area (Å²) in [6, 6.07) is 7.56. The van der Waals surface area contributed by atoms with Crippen molar-refractivity contribution in [1.82, 2.24) is 0 Å². The molecule has 1 rings (SSSR count). The topological polar surface area (TPSA) is 38.7 Å². The molecule has 18 heavy (non-hydrogen) atoms. The van der Waals surface area contributed by atoms with Crippen molar-refractivity contribution in [2.24, 2.45) is 0 Å². The van der Waals surface area contributed by atoms with E-state index in [9.17, 15) is 5.11 Å². The van der Waals surface area contributed by atoms with Crippen LogP contribution in [0.2, 0.25) is 0 Å². The third-order valence-corrected chi connectivity index (χ3v) is 3.61. The molecule has 1 N–H and O–H groups in total. The molecule has 0 heterocycles. The Morgan fingerprint density at radius 2 is 1.67 bits per heavy atom. The highest BCUT2D eigenvalue weighted by Crippen LogP contribution is 2.35. The van der Waals surface area contributed by atoms with E-state index >= 15 is 0 Å². The van der Waals surface area contributed by atoms with E-state index in [1.807, 2.05) is 45.0 Å². The second kappa shape index (κ2) is 6.76. The van der Waals surface area contributed by atoms with Gasteiger partial charge in [0.1, 0.15) is 11.9 Å². The molecule has 0 aliphatic rings. The van der Waals surface area contributed by atoms with Gasteiger partial charge in [0.2, 0.25) is 0 Å². The summed E-state index contributed by atoms with van der Waals surface area (Å²) >= 11 is 0. The number of rotatable bonds is 7. The molecule has 0 amide bonds. The van der Waals surface area contributed by atoms with Gasteiger partial charge in [0, 0.05) is 7.11 Å². The van der Waals surface area contributed by atoms with Crippen LogP contribution in [0.15, 0.2) is 24.3 Å². The maximum Gasteiger partial charge on any atom is 0.119 e. The van der Waals surface area contributed by atoms with Gasteiger partial charge in [-0.25, -0.2) is 0 Å². The quantitative estimate of drug-likeness (QED) is 0.809. The minimum absolute atomic E-state index is 0.507. The highest BCUT2D eigenvalue weighted by molar-refractivity contribution is 5.29. The van der Waals surface area contributed by atoms with Gasteiger partial charge < -0.3 is 14.6 Å². The van der Waals surface area contributed by atoms with Gasteiger partial charge in [-0.15, -0.1) is 0 Å². The van der Waals surface area contributed by atoms with Crippen LogP contribution in [0.5, 0.6) is 5.75 Å². The summed E-state index contributed by atoms with van der Waals surface area (Å²) in [5, 5.41) is 10.5. The van der Waals surface area contributed by atoms with Crippen molar-refractivity contribution in [3.63, 3.8) is 0 Å². The van der Waals surface area contributed by atoms with E-state index in [0.717, 1.165) is 24.2 Å². The van der Waals surface area contributed by atoms with E-state index in [4.69, 9.17) is 9.47 Å². The van der Waals surface area contributed by atoms with Crippen LogP contribution in [0.3, 0.4) is 0 Å². The zero-order valence-electron chi connectivity index (χ0n) is 11.8. The smallest absolute Gasteiger partial charge is 0.119 e. The lowest BCUT2D eigenvalue weighted by molar-refractivity contribution is -0.109. The first-order valence-corrected chi connectivity index (χ1v) is 6.59. The molecule has 1 unspecified atom stereocenters. The number of aliphatic hydroxyl groups excluding tert-OH is 1. The summed E-state index contributed by atoms with van der Waals surface area (Å²) in [4.78, 5) is 0. The zero-order valence-corrected chi connectivity index (χ0v) is 11.8. The third kappa shape index (κ3) is 3.03. The van der Waals surface area contributed by atoms with E-state index in [1.165, 1.54) is 0 Å². The molecule has 3 nitrogen and oxygen atoms in total. The van der Waals surface area contributed by atoms with Crippen molar-refractivity contribution in [2.75, 3.05) is 13.7 Å². The van der Waals surface area contributed by atoms with Crippen LogP contribution in [-0.2, 0) is 4.74 Å². The Kier molecular flexibility index (Phi) is 5.63.